The van der Waals surface area contributed by atoms with Crippen LogP contribution in [0.3, 0.4) is 0 Å². The molecule has 13 aromatic rings. The minimum Gasteiger partial charge on any atom is -0.135 e. The van der Waals surface area contributed by atoms with Gasteiger partial charge in [0.15, 0.2) is 0 Å². The summed E-state index contributed by atoms with van der Waals surface area (Å²) in [6.07, 6.45) is 0. The van der Waals surface area contributed by atoms with Crippen LogP contribution >= 0.6 is 11.3 Å². The third-order valence-corrected chi connectivity index (χ3v) is 15.1. The van der Waals surface area contributed by atoms with Gasteiger partial charge >= 0.3 is 0 Å². The molecule has 1 aromatic heterocycles. The lowest BCUT2D eigenvalue weighted by Crippen LogP contribution is -2.25. The van der Waals surface area contributed by atoms with Crippen LogP contribution in [-0.4, -0.2) is 0 Å². The molecule has 0 saturated carbocycles. The SMILES string of the molecule is [2H]c1c([2H])c([2H])c(-c2c([2H])c(-c3c([2H])c([2H])c([2H])c([2H])c3[2H])c([2H])c(C(c3ccc(-c4ccc5ccccc5c4-c4ccc5c(c4)sc4ccccc45)cc3)c3c([2H])c([2H])c([2H])c4c3-c3c([2H])c([2H])c([2H])c([2H])c3C43c4c([2H])c([2H])c([2H])c([2H])c4-c4c([2H])c([2H])c([2H])c([2H])c43)c2[2H])c([2H])c1[2H]. The molecule has 1 heterocycles. The zero-order valence-corrected chi connectivity index (χ0v) is 38.6. The molecule has 1 heteroatoms. The summed E-state index contributed by atoms with van der Waals surface area (Å²) < 4.78 is 268. The Kier molecular flexibility index (Phi) is 5.16. The molecule has 0 aliphatic heterocycles. The van der Waals surface area contributed by atoms with Gasteiger partial charge < -0.3 is 0 Å². The molecule has 2 aliphatic rings. The number of hydrogen-bond acceptors (Lipinski definition) is 1. The van der Waals surface area contributed by atoms with E-state index >= 15 is 0 Å². The second kappa shape index (κ2) is 16.6. The van der Waals surface area contributed by atoms with Crippen LogP contribution in [-0.2, 0) is 5.41 Å². The molecule has 12 aromatic carbocycles. The monoisotopic (exact) mass is 971 g/mol. The molecule has 1 spiro atoms. The highest BCUT2D eigenvalue weighted by Gasteiger charge is 2.52. The fraction of sp³-hybridized carbons (Fsp3) is 0.0278. The zero-order chi connectivity index (χ0) is 72.4. The molecule has 0 fully saturated rings. The maximum atomic E-state index is 10.6. The first kappa shape index (κ1) is 22.7. The highest BCUT2D eigenvalue weighted by Crippen LogP contribution is 2.64. The van der Waals surface area contributed by atoms with Crippen LogP contribution in [0.4, 0.5) is 0 Å². The average molecular weight is 971 g/mol. The summed E-state index contributed by atoms with van der Waals surface area (Å²) in [7, 11) is 0. The summed E-state index contributed by atoms with van der Waals surface area (Å²) in [6, 6.07) is 5.08. The van der Waals surface area contributed by atoms with E-state index in [2.05, 4.69) is 6.07 Å². The van der Waals surface area contributed by atoms with Gasteiger partial charge in [-0.3, -0.25) is 0 Å². The highest BCUT2D eigenvalue weighted by molar-refractivity contribution is 7.25. The molecule has 0 bridgehead atoms. The van der Waals surface area contributed by atoms with Crippen molar-refractivity contribution in [3.05, 3.63) is 311 Å². The maximum Gasteiger partial charge on any atom is 0.0725 e. The Balaban J connectivity index is 1.15. The van der Waals surface area contributed by atoms with Crippen molar-refractivity contribution in [2.75, 3.05) is 0 Å². The number of rotatable bonds is 7. The smallest absolute Gasteiger partial charge is 0.0725 e. The van der Waals surface area contributed by atoms with E-state index in [-0.39, 0.29) is 5.56 Å². The number of thiophene rings is 1. The van der Waals surface area contributed by atoms with E-state index in [1.54, 1.807) is 23.5 Å². The standard InChI is InChI=1S/C72H46S/c1-3-18-46(19-4-1)52-42-53(47-20-5-2-6-21-47)44-54(43-52)69(62-28-17-32-66-71(62)61-27-11-15-31-65(61)72(66)63-29-13-9-24-57(63)58-25-10-14-30-64(58)72)50-36-34-49(35-37-50)56-40-38-48-22-7-8-23-55(48)70(56)51-39-41-60-59-26-12-16-33-67(59)73-68(60)45-51/h1-45,69H/i1D,2D,3D,4D,5D,6D,9D,10D,11D,13D,14D,15D,17D,18D,19D,20D,21D,24D,25D,27D,28D,29D,30D,31D,32D,42D,43D,44D. The number of fused-ring (bicyclic) bond motifs is 14. The predicted molar refractivity (Wildman–Crippen MR) is 309 cm³/mol. The Morgan fingerprint density at radius 2 is 0.904 bits per heavy atom. The summed E-state index contributed by atoms with van der Waals surface area (Å²) in [5.74, 6) is -2.13. The Hall–Kier alpha value is -8.88. The van der Waals surface area contributed by atoms with Crippen LogP contribution in [0.5, 0.6) is 0 Å². The zero-order valence-electron chi connectivity index (χ0n) is 65.8. The lowest BCUT2D eigenvalue weighted by atomic mass is 9.70. The second-order valence-corrected chi connectivity index (χ2v) is 18.7. The van der Waals surface area contributed by atoms with E-state index in [1.165, 1.54) is 12.1 Å². The van der Waals surface area contributed by atoms with Gasteiger partial charge in [-0.15, -0.1) is 11.3 Å². The molecule has 0 saturated heterocycles. The third-order valence-electron chi connectivity index (χ3n) is 14.0. The molecule has 2 aliphatic carbocycles. The second-order valence-electron chi connectivity index (χ2n) is 17.7. The molecule has 1 atom stereocenters. The van der Waals surface area contributed by atoms with Gasteiger partial charge in [0, 0.05) is 26.1 Å². The summed E-state index contributed by atoms with van der Waals surface area (Å²) in [5, 5.41) is 3.83. The Morgan fingerprint density at radius 1 is 0.342 bits per heavy atom. The number of benzene rings is 12. The topological polar surface area (TPSA) is 0 Å². The Bertz CT molecular complexity index is 5790. The summed E-state index contributed by atoms with van der Waals surface area (Å²) in [4.78, 5) is 0. The molecule has 0 radical (unpaired) electrons. The van der Waals surface area contributed by atoms with Crippen molar-refractivity contribution in [2.45, 2.75) is 11.3 Å². The first-order valence-electron chi connectivity index (χ1n) is 37.1. The first-order valence-corrected chi connectivity index (χ1v) is 24.0. The summed E-state index contributed by atoms with van der Waals surface area (Å²) in [6.45, 7) is 0. The highest BCUT2D eigenvalue weighted by atomic mass is 32.1. The van der Waals surface area contributed by atoms with E-state index < -0.39 is 258 Å². The van der Waals surface area contributed by atoms with Gasteiger partial charge in [-0.2, -0.15) is 0 Å². The lowest BCUT2D eigenvalue weighted by Gasteiger charge is -2.31. The van der Waals surface area contributed by atoms with Gasteiger partial charge in [0.2, 0.25) is 0 Å². The van der Waals surface area contributed by atoms with Crippen molar-refractivity contribution in [1.29, 1.82) is 0 Å². The van der Waals surface area contributed by atoms with E-state index in [0.717, 1.165) is 42.1 Å². The minimum absolute atomic E-state index is 0.0891. The molecule has 0 amide bonds. The largest absolute Gasteiger partial charge is 0.135 e. The molecule has 0 nitrogen and oxygen atoms in total. The van der Waals surface area contributed by atoms with Crippen LogP contribution in [0, 0.1) is 0 Å². The molecule has 1 unspecified atom stereocenters. The first-order chi connectivity index (χ1) is 47.9. The normalized spacial score (nSPS) is 18.6. The van der Waals surface area contributed by atoms with Gasteiger partial charge in [-0.05, 0) is 135 Å². The van der Waals surface area contributed by atoms with Gasteiger partial charge in [-0.1, -0.05) is 254 Å². The molecular weight excluding hydrogens is 897 g/mol. The molecule has 15 rings (SSSR count). The lowest BCUT2D eigenvalue weighted by molar-refractivity contribution is 0.792. The van der Waals surface area contributed by atoms with Crippen LogP contribution in [0.2, 0.25) is 0 Å². The maximum absolute atomic E-state index is 10.6. The van der Waals surface area contributed by atoms with E-state index in [1.807, 2.05) is 72.8 Å². The van der Waals surface area contributed by atoms with Crippen molar-refractivity contribution in [1.82, 2.24) is 0 Å². The van der Waals surface area contributed by atoms with Crippen LogP contribution < -0.4 is 0 Å². The van der Waals surface area contributed by atoms with Gasteiger partial charge in [0.05, 0.1) is 43.8 Å². The van der Waals surface area contributed by atoms with Gasteiger partial charge in [0.1, 0.15) is 0 Å². The average Bonchev–Trinajstić information content (AvgIpc) is 1.47. The third kappa shape index (κ3) is 6.39. The number of hydrogen-bond donors (Lipinski definition) is 0. The Labute approximate surface area is 469 Å². The van der Waals surface area contributed by atoms with Crippen molar-refractivity contribution in [2.24, 2.45) is 0 Å². The van der Waals surface area contributed by atoms with Crippen LogP contribution in [0.15, 0.2) is 272 Å². The van der Waals surface area contributed by atoms with Crippen LogP contribution in [0.1, 0.15) is 83.2 Å². The molecular formula is C72H46S. The summed E-state index contributed by atoms with van der Waals surface area (Å²) in [5.41, 5.74) is -9.92. The van der Waals surface area contributed by atoms with Gasteiger partial charge in [-0.25, -0.2) is 0 Å². The van der Waals surface area contributed by atoms with Crippen molar-refractivity contribution >= 4 is 42.3 Å². The summed E-state index contributed by atoms with van der Waals surface area (Å²) >= 11 is 1.61. The minimum atomic E-state index is -2.89. The Morgan fingerprint density at radius 3 is 1.60 bits per heavy atom. The van der Waals surface area contributed by atoms with E-state index in [9.17, 15) is 27.4 Å². The molecule has 0 N–H and O–H groups in total. The fourth-order valence-corrected chi connectivity index (χ4v) is 12.1. The molecule has 340 valence electrons. The van der Waals surface area contributed by atoms with Crippen molar-refractivity contribution in [3.8, 4) is 66.8 Å². The van der Waals surface area contributed by atoms with Crippen molar-refractivity contribution < 1.29 is 38.4 Å². The fourth-order valence-electron chi connectivity index (χ4n) is 10.9. The van der Waals surface area contributed by atoms with Gasteiger partial charge in [0.25, 0.3) is 0 Å². The molecule has 73 heavy (non-hydrogen) atoms. The predicted octanol–water partition coefficient (Wildman–Crippen LogP) is 19.4. The van der Waals surface area contributed by atoms with Crippen molar-refractivity contribution in [3.63, 3.8) is 0 Å². The van der Waals surface area contributed by atoms with Crippen LogP contribution in [0.25, 0.3) is 97.7 Å². The van der Waals surface area contributed by atoms with E-state index in [0.29, 0.717) is 11.1 Å². The van der Waals surface area contributed by atoms with E-state index in [4.69, 9.17) is 11.0 Å². The quantitative estimate of drug-likeness (QED) is 0.140.